The van der Waals surface area contributed by atoms with Gasteiger partial charge in [-0.2, -0.15) is 11.8 Å². The highest BCUT2D eigenvalue weighted by Gasteiger charge is 2.30. The van der Waals surface area contributed by atoms with Crippen molar-refractivity contribution in [1.82, 2.24) is 10.2 Å². The Labute approximate surface area is 111 Å². The fourth-order valence-electron chi connectivity index (χ4n) is 2.74. The first-order chi connectivity index (χ1) is 8.40. The van der Waals surface area contributed by atoms with Crippen LogP contribution in [-0.4, -0.2) is 48.1 Å². The Hall–Kier alpha value is 0.270. The topological polar surface area (TPSA) is 15.3 Å². The summed E-state index contributed by atoms with van der Waals surface area (Å²) >= 11 is 2.09. The molecule has 1 aliphatic heterocycles. The fraction of sp³-hybridized carbons (Fsp3) is 1.00. The van der Waals surface area contributed by atoms with E-state index >= 15 is 0 Å². The zero-order chi connectivity index (χ0) is 11.9. The second kappa shape index (κ2) is 7.65. The van der Waals surface area contributed by atoms with Gasteiger partial charge in [-0.1, -0.05) is 13.3 Å². The van der Waals surface area contributed by atoms with E-state index in [1.165, 1.54) is 69.7 Å². The lowest BCUT2D eigenvalue weighted by Crippen LogP contribution is -2.44. The summed E-state index contributed by atoms with van der Waals surface area (Å²) in [5, 5.41) is 3.69. The van der Waals surface area contributed by atoms with E-state index in [0.717, 1.165) is 12.1 Å². The quantitative estimate of drug-likeness (QED) is 0.672. The normalized spacial score (nSPS) is 25.4. The van der Waals surface area contributed by atoms with Crippen molar-refractivity contribution in [2.75, 3.05) is 31.1 Å². The Kier molecular flexibility index (Phi) is 6.16. The summed E-state index contributed by atoms with van der Waals surface area (Å²) < 4.78 is 0. The maximum absolute atomic E-state index is 3.69. The molecule has 0 spiro atoms. The Bertz CT molecular complexity index is 200. The van der Waals surface area contributed by atoms with Crippen LogP contribution in [0.2, 0.25) is 0 Å². The van der Waals surface area contributed by atoms with Gasteiger partial charge in [0.05, 0.1) is 0 Å². The van der Waals surface area contributed by atoms with Crippen molar-refractivity contribution in [2.45, 2.75) is 57.5 Å². The molecule has 3 heteroatoms. The largest absolute Gasteiger partial charge is 0.313 e. The molecule has 2 fully saturated rings. The molecule has 0 aromatic carbocycles. The van der Waals surface area contributed by atoms with Crippen molar-refractivity contribution >= 4 is 11.8 Å². The van der Waals surface area contributed by atoms with Gasteiger partial charge in [0.25, 0.3) is 0 Å². The first kappa shape index (κ1) is 13.7. The van der Waals surface area contributed by atoms with Crippen LogP contribution in [0.1, 0.15) is 45.4 Å². The van der Waals surface area contributed by atoms with Crippen LogP contribution in [0.4, 0.5) is 0 Å². The number of piperidine rings is 1. The summed E-state index contributed by atoms with van der Waals surface area (Å²) in [6, 6.07) is 1.72. The lowest BCUT2D eigenvalue weighted by molar-refractivity contribution is 0.216. The number of nitrogens with one attached hydrogen (secondary N) is 1. The molecule has 0 aromatic rings. The van der Waals surface area contributed by atoms with Crippen molar-refractivity contribution in [3.05, 3.63) is 0 Å². The van der Waals surface area contributed by atoms with E-state index in [1.54, 1.807) is 0 Å². The molecule has 0 radical (unpaired) electrons. The van der Waals surface area contributed by atoms with E-state index in [9.17, 15) is 0 Å². The van der Waals surface area contributed by atoms with Gasteiger partial charge in [-0.05, 0) is 56.7 Å². The molecule has 0 bridgehead atoms. The van der Waals surface area contributed by atoms with Crippen LogP contribution in [0.3, 0.4) is 0 Å². The van der Waals surface area contributed by atoms with Crippen LogP contribution in [0.25, 0.3) is 0 Å². The zero-order valence-corrected chi connectivity index (χ0v) is 12.1. The maximum Gasteiger partial charge on any atom is 0.0195 e. The molecule has 2 aliphatic rings. The van der Waals surface area contributed by atoms with Crippen LogP contribution in [0.5, 0.6) is 0 Å². The average molecular weight is 256 g/mol. The minimum absolute atomic E-state index is 0.781. The number of hydrogen-bond acceptors (Lipinski definition) is 3. The van der Waals surface area contributed by atoms with Gasteiger partial charge in [0.2, 0.25) is 0 Å². The SMILES string of the molecule is CCSCCCN(CC1CCCCN1)C1CC1. The molecule has 1 aliphatic carbocycles. The Balaban J connectivity index is 1.65. The molecule has 1 atom stereocenters. The van der Waals surface area contributed by atoms with Crippen LogP contribution in [-0.2, 0) is 0 Å². The smallest absolute Gasteiger partial charge is 0.0195 e. The van der Waals surface area contributed by atoms with Crippen LogP contribution in [0, 0.1) is 0 Å². The fourth-order valence-corrected chi connectivity index (χ4v) is 3.36. The van der Waals surface area contributed by atoms with Gasteiger partial charge in [-0.3, -0.25) is 4.90 Å². The van der Waals surface area contributed by atoms with Gasteiger partial charge in [-0.15, -0.1) is 0 Å². The molecule has 1 saturated carbocycles. The van der Waals surface area contributed by atoms with Gasteiger partial charge in [0, 0.05) is 18.6 Å². The highest BCUT2D eigenvalue weighted by molar-refractivity contribution is 7.99. The van der Waals surface area contributed by atoms with E-state index in [4.69, 9.17) is 0 Å². The summed E-state index contributed by atoms with van der Waals surface area (Å²) in [6.45, 7) is 6.14. The predicted octanol–water partition coefficient (Wildman–Crippen LogP) is 2.74. The molecule has 1 saturated heterocycles. The number of thioether (sulfide) groups is 1. The van der Waals surface area contributed by atoms with Crippen molar-refractivity contribution in [2.24, 2.45) is 0 Å². The number of nitrogens with zero attached hydrogens (tertiary/aromatic N) is 1. The molecule has 0 aromatic heterocycles. The standard InChI is InChI=1S/C14H28N2S/c1-2-17-11-5-10-16(14-7-8-14)12-13-6-3-4-9-15-13/h13-15H,2-12H2,1H3. The predicted molar refractivity (Wildman–Crippen MR) is 77.9 cm³/mol. The van der Waals surface area contributed by atoms with E-state index in [-0.39, 0.29) is 0 Å². The highest BCUT2D eigenvalue weighted by atomic mass is 32.2. The monoisotopic (exact) mass is 256 g/mol. The van der Waals surface area contributed by atoms with Crippen molar-refractivity contribution in [3.63, 3.8) is 0 Å². The molecular weight excluding hydrogens is 228 g/mol. The summed E-state index contributed by atoms with van der Waals surface area (Å²) in [5.41, 5.74) is 0. The molecule has 1 N–H and O–H groups in total. The summed E-state index contributed by atoms with van der Waals surface area (Å²) in [4.78, 5) is 2.76. The van der Waals surface area contributed by atoms with Crippen LogP contribution < -0.4 is 5.32 Å². The molecule has 2 rings (SSSR count). The second-order valence-corrected chi connectivity index (χ2v) is 6.82. The van der Waals surface area contributed by atoms with Gasteiger partial charge in [0.15, 0.2) is 0 Å². The molecule has 2 nitrogen and oxygen atoms in total. The summed E-state index contributed by atoms with van der Waals surface area (Å²) in [7, 11) is 0. The van der Waals surface area contributed by atoms with E-state index < -0.39 is 0 Å². The van der Waals surface area contributed by atoms with Crippen molar-refractivity contribution < 1.29 is 0 Å². The summed E-state index contributed by atoms with van der Waals surface area (Å²) in [6.07, 6.45) is 8.49. The highest BCUT2D eigenvalue weighted by Crippen LogP contribution is 2.27. The van der Waals surface area contributed by atoms with Gasteiger partial charge in [-0.25, -0.2) is 0 Å². The zero-order valence-electron chi connectivity index (χ0n) is 11.3. The van der Waals surface area contributed by atoms with E-state index in [1.807, 2.05) is 0 Å². The molecule has 1 unspecified atom stereocenters. The third kappa shape index (κ3) is 5.19. The molecular formula is C14H28N2S. The lowest BCUT2D eigenvalue weighted by Gasteiger charge is -2.30. The first-order valence-corrected chi connectivity index (χ1v) is 8.61. The second-order valence-electron chi connectivity index (χ2n) is 5.42. The minimum Gasteiger partial charge on any atom is -0.313 e. The third-order valence-corrected chi connectivity index (χ3v) is 4.85. The maximum atomic E-state index is 3.69. The molecule has 0 amide bonds. The van der Waals surface area contributed by atoms with E-state index in [2.05, 4.69) is 28.9 Å². The van der Waals surface area contributed by atoms with Gasteiger partial charge >= 0.3 is 0 Å². The Morgan fingerprint density at radius 2 is 2.12 bits per heavy atom. The molecule has 100 valence electrons. The Morgan fingerprint density at radius 3 is 2.76 bits per heavy atom. The van der Waals surface area contributed by atoms with Crippen LogP contribution in [0.15, 0.2) is 0 Å². The van der Waals surface area contributed by atoms with Gasteiger partial charge in [0.1, 0.15) is 0 Å². The summed E-state index contributed by atoms with van der Waals surface area (Å²) in [5.74, 6) is 2.62. The van der Waals surface area contributed by atoms with E-state index in [0.29, 0.717) is 0 Å². The van der Waals surface area contributed by atoms with Crippen molar-refractivity contribution in [3.8, 4) is 0 Å². The average Bonchev–Trinajstić information content (AvgIpc) is 3.19. The van der Waals surface area contributed by atoms with Crippen molar-refractivity contribution in [1.29, 1.82) is 0 Å². The number of hydrogen-bond donors (Lipinski definition) is 1. The lowest BCUT2D eigenvalue weighted by atomic mass is 10.0. The first-order valence-electron chi connectivity index (χ1n) is 7.45. The minimum atomic E-state index is 0.781. The molecule has 1 heterocycles. The van der Waals surface area contributed by atoms with Gasteiger partial charge < -0.3 is 5.32 Å². The number of rotatable bonds is 8. The third-order valence-electron chi connectivity index (χ3n) is 3.87. The Morgan fingerprint density at radius 1 is 1.24 bits per heavy atom. The molecule has 17 heavy (non-hydrogen) atoms. The van der Waals surface area contributed by atoms with Crippen LogP contribution >= 0.6 is 11.8 Å².